The Hall–Kier alpha value is -1.30. The number of carbonyl (C=O) groups excluding carboxylic acids is 1. The highest BCUT2D eigenvalue weighted by atomic mass is 35.5. The van der Waals surface area contributed by atoms with Crippen molar-refractivity contribution in [1.29, 1.82) is 0 Å². The number of hydrogen-bond acceptors (Lipinski definition) is 3. The number of nitrogens with one attached hydrogen (secondary N) is 1. The van der Waals surface area contributed by atoms with E-state index in [1.165, 1.54) is 12.1 Å². The van der Waals surface area contributed by atoms with Gasteiger partial charge in [-0.2, -0.15) is 0 Å². The maximum absolute atomic E-state index is 12.2. The Labute approximate surface area is 138 Å². The van der Waals surface area contributed by atoms with E-state index in [1.54, 1.807) is 6.07 Å². The molecule has 22 heavy (non-hydrogen) atoms. The maximum Gasteiger partial charge on any atom is 0.308 e. The second kappa shape index (κ2) is 7.81. The molecule has 0 radical (unpaired) electrons. The first-order chi connectivity index (χ1) is 10.5. The molecule has 0 saturated carbocycles. The SMILES string of the molecule is O=C(NCC(C(=O)O)C1CCOCC1)c1cc(Cl)ccc1Cl. The Morgan fingerprint density at radius 1 is 1.32 bits per heavy atom. The fourth-order valence-corrected chi connectivity index (χ4v) is 2.92. The highest BCUT2D eigenvalue weighted by Gasteiger charge is 2.30. The maximum atomic E-state index is 12.2. The second-order valence-corrected chi connectivity index (χ2v) is 6.07. The van der Waals surface area contributed by atoms with Gasteiger partial charge < -0.3 is 15.2 Å². The third kappa shape index (κ3) is 4.35. The van der Waals surface area contributed by atoms with Crippen LogP contribution in [-0.2, 0) is 9.53 Å². The lowest BCUT2D eigenvalue weighted by atomic mass is 9.86. The molecule has 0 aliphatic carbocycles. The summed E-state index contributed by atoms with van der Waals surface area (Å²) in [5.74, 6) is -1.97. The van der Waals surface area contributed by atoms with Crippen molar-refractivity contribution in [3.63, 3.8) is 0 Å². The van der Waals surface area contributed by atoms with E-state index in [2.05, 4.69) is 5.32 Å². The van der Waals surface area contributed by atoms with Crippen LogP contribution in [0.1, 0.15) is 23.2 Å². The number of hydrogen-bond donors (Lipinski definition) is 2. The van der Waals surface area contributed by atoms with Crippen molar-refractivity contribution in [3.05, 3.63) is 33.8 Å². The summed E-state index contributed by atoms with van der Waals surface area (Å²) in [5, 5.41) is 12.7. The number of carboxylic acids is 1. The lowest BCUT2D eigenvalue weighted by molar-refractivity contribution is -0.144. The van der Waals surface area contributed by atoms with Gasteiger partial charge in [-0.3, -0.25) is 9.59 Å². The van der Waals surface area contributed by atoms with E-state index in [-0.39, 0.29) is 23.0 Å². The molecule has 0 spiro atoms. The van der Waals surface area contributed by atoms with Crippen LogP contribution in [0.3, 0.4) is 0 Å². The normalized spacial score (nSPS) is 17.0. The van der Waals surface area contributed by atoms with Crippen LogP contribution in [0.5, 0.6) is 0 Å². The lowest BCUT2D eigenvalue weighted by Crippen LogP contribution is -2.39. The molecule has 1 fully saturated rings. The van der Waals surface area contributed by atoms with Crippen LogP contribution in [0, 0.1) is 11.8 Å². The quantitative estimate of drug-likeness (QED) is 0.860. The molecule has 1 aromatic carbocycles. The number of benzene rings is 1. The molecule has 1 aromatic rings. The number of carbonyl (C=O) groups is 2. The largest absolute Gasteiger partial charge is 0.481 e. The van der Waals surface area contributed by atoms with Gasteiger partial charge in [0.2, 0.25) is 0 Å². The van der Waals surface area contributed by atoms with Crippen LogP contribution in [0.25, 0.3) is 0 Å². The van der Waals surface area contributed by atoms with E-state index < -0.39 is 17.8 Å². The number of halogens is 2. The van der Waals surface area contributed by atoms with Crippen molar-refractivity contribution in [2.24, 2.45) is 11.8 Å². The van der Waals surface area contributed by atoms with Crippen LogP contribution in [0.2, 0.25) is 10.0 Å². The Morgan fingerprint density at radius 2 is 2.00 bits per heavy atom. The first-order valence-electron chi connectivity index (χ1n) is 7.03. The van der Waals surface area contributed by atoms with Gasteiger partial charge in [-0.1, -0.05) is 23.2 Å². The summed E-state index contributed by atoms with van der Waals surface area (Å²) in [4.78, 5) is 23.6. The number of aliphatic carboxylic acids is 1. The predicted molar refractivity (Wildman–Crippen MR) is 83.5 cm³/mol. The van der Waals surface area contributed by atoms with Crippen molar-refractivity contribution in [1.82, 2.24) is 5.32 Å². The molecule has 1 aliphatic heterocycles. The molecule has 1 aliphatic rings. The monoisotopic (exact) mass is 345 g/mol. The van der Waals surface area contributed by atoms with E-state index in [9.17, 15) is 14.7 Å². The van der Waals surface area contributed by atoms with Crippen LogP contribution >= 0.6 is 23.2 Å². The molecule has 5 nitrogen and oxygen atoms in total. The highest BCUT2D eigenvalue weighted by Crippen LogP contribution is 2.24. The third-order valence-corrected chi connectivity index (χ3v) is 4.37. The van der Waals surface area contributed by atoms with Crippen molar-refractivity contribution < 1.29 is 19.4 Å². The molecule has 1 amide bonds. The predicted octanol–water partition coefficient (Wildman–Crippen LogP) is 2.85. The van der Waals surface area contributed by atoms with Gasteiger partial charge in [0.15, 0.2) is 0 Å². The molecule has 1 saturated heterocycles. The highest BCUT2D eigenvalue weighted by molar-refractivity contribution is 6.35. The average molecular weight is 346 g/mol. The molecule has 120 valence electrons. The minimum Gasteiger partial charge on any atom is -0.481 e. The zero-order chi connectivity index (χ0) is 16.1. The molecule has 7 heteroatoms. The minimum atomic E-state index is -0.913. The molecule has 1 atom stereocenters. The van der Waals surface area contributed by atoms with Gasteiger partial charge in [0.05, 0.1) is 16.5 Å². The Balaban J connectivity index is 2.01. The van der Waals surface area contributed by atoms with E-state index in [1.807, 2.05) is 0 Å². The van der Waals surface area contributed by atoms with Crippen molar-refractivity contribution in [3.8, 4) is 0 Å². The van der Waals surface area contributed by atoms with Crippen LogP contribution in [-0.4, -0.2) is 36.7 Å². The van der Waals surface area contributed by atoms with Gasteiger partial charge in [0.25, 0.3) is 5.91 Å². The molecular formula is C15H17Cl2NO4. The van der Waals surface area contributed by atoms with E-state index in [0.29, 0.717) is 31.1 Å². The van der Waals surface area contributed by atoms with Crippen LogP contribution in [0.15, 0.2) is 18.2 Å². The van der Waals surface area contributed by atoms with Gasteiger partial charge in [-0.15, -0.1) is 0 Å². The Morgan fingerprint density at radius 3 is 2.64 bits per heavy atom. The first-order valence-corrected chi connectivity index (χ1v) is 7.78. The number of amides is 1. The molecule has 2 N–H and O–H groups in total. The van der Waals surface area contributed by atoms with Crippen LogP contribution in [0.4, 0.5) is 0 Å². The van der Waals surface area contributed by atoms with Gasteiger partial charge in [-0.25, -0.2) is 0 Å². The van der Waals surface area contributed by atoms with Gasteiger partial charge in [0, 0.05) is 24.8 Å². The van der Waals surface area contributed by atoms with E-state index >= 15 is 0 Å². The molecular weight excluding hydrogens is 329 g/mol. The smallest absolute Gasteiger partial charge is 0.308 e. The van der Waals surface area contributed by atoms with Crippen LogP contribution < -0.4 is 5.32 Å². The topological polar surface area (TPSA) is 75.6 Å². The van der Waals surface area contributed by atoms with Gasteiger partial charge >= 0.3 is 5.97 Å². The zero-order valence-corrected chi connectivity index (χ0v) is 13.4. The molecule has 0 aromatic heterocycles. The minimum absolute atomic E-state index is 0.00128. The van der Waals surface area contributed by atoms with Crippen molar-refractivity contribution in [2.75, 3.05) is 19.8 Å². The Kier molecular flexibility index (Phi) is 6.06. The average Bonchev–Trinajstić information content (AvgIpc) is 2.50. The number of ether oxygens (including phenoxy) is 1. The molecule has 1 unspecified atom stereocenters. The lowest BCUT2D eigenvalue weighted by Gasteiger charge is -2.27. The van der Waals surface area contributed by atoms with Crippen molar-refractivity contribution >= 4 is 35.1 Å². The summed E-state index contributed by atoms with van der Waals surface area (Å²) < 4.78 is 5.24. The summed E-state index contributed by atoms with van der Waals surface area (Å²) in [5.41, 5.74) is 0.241. The Bertz CT molecular complexity index is 558. The number of carboxylic acid groups (broad SMARTS) is 1. The summed E-state index contributed by atoms with van der Waals surface area (Å²) >= 11 is 11.8. The van der Waals surface area contributed by atoms with Gasteiger partial charge in [0.1, 0.15) is 0 Å². The standard InChI is InChI=1S/C15H17Cl2NO4/c16-10-1-2-13(17)11(7-10)14(19)18-8-12(15(20)21)9-3-5-22-6-4-9/h1-2,7,9,12H,3-6,8H2,(H,18,19)(H,20,21). The fraction of sp³-hybridized carbons (Fsp3) is 0.467. The summed E-state index contributed by atoms with van der Waals surface area (Å²) in [7, 11) is 0. The summed E-state index contributed by atoms with van der Waals surface area (Å²) in [6.07, 6.45) is 1.37. The molecule has 2 rings (SSSR count). The molecule has 1 heterocycles. The third-order valence-electron chi connectivity index (χ3n) is 3.81. The summed E-state index contributed by atoms with van der Waals surface area (Å²) in [6, 6.07) is 4.58. The summed E-state index contributed by atoms with van der Waals surface area (Å²) in [6.45, 7) is 1.17. The second-order valence-electron chi connectivity index (χ2n) is 5.23. The van der Waals surface area contributed by atoms with Gasteiger partial charge in [-0.05, 0) is 37.0 Å². The van der Waals surface area contributed by atoms with E-state index in [0.717, 1.165) is 0 Å². The zero-order valence-electron chi connectivity index (χ0n) is 11.9. The van der Waals surface area contributed by atoms with E-state index in [4.69, 9.17) is 27.9 Å². The first kappa shape index (κ1) is 17.1. The van der Waals surface area contributed by atoms with Crippen molar-refractivity contribution in [2.45, 2.75) is 12.8 Å². The molecule has 0 bridgehead atoms. The number of rotatable bonds is 5. The fourth-order valence-electron chi connectivity index (χ4n) is 2.54.